The quantitative estimate of drug-likeness (QED) is 0.818. The van der Waals surface area contributed by atoms with Gasteiger partial charge in [0.1, 0.15) is 0 Å². The van der Waals surface area contributed by atoms with Crippen LogP contribution in [0.5, 0.6) is 0 Å². The number of nitrogens with zero attached hydrogens (tertiary/aromatic N) is 3. The molecule has 1 aromatic heterocycles. The van der Waals surface area contributed by atoms with Gasteiger partial charge in [0, 0.05) is 31.0 Å². The molecular formula is C12H17N3O. The highest BCUT2D eigenvalue weighted by atomic mass is 16.3. The molecule has 0 spiro atoms. The van der Waals surface area contributed by atoms with E-state index in [1.807, 2.05) is 6.92 Å². The van der Waals surface area contributed by atoms with Gasteiger partial charge in [0.25, 0.3) is 0 Å². The summed E-state index contributed by atoms with van der Waals surface area (Å²) >= 11 is 0. The lowest BCUT2D eigenvalue weighted by Crippen LogP contribution is -2.36. The molecule has 86 valence electrons. The van der Waals surface area contributed by atoms with E-state index in [4.69, 9.17) is 0 Å². The Morgan fingerprint density at radius 3 is 2.44 bits per heavy atom. The van der Waals surface area contributed by atoms with Gasteiger partial charge in [0.05, 0.1) is 6.10 Å². The normalized spacial score (nSPS) is 17.5. The van der Waals surface area contributed by atoms with Crippen molar-refractivity contribution in [2.45, 2.75) is 25.9 Å². The summed E-state index contributed by atoms with van der Waals surface area (Å²) in [5.74, 6) is 0.747. The monoisotopic (exact) mass is 219 g/mol. The van der Waals surface area contributed by atoms with Gasteiger partial charge in [-0.1, -0.05) is 6.58 Å². The van der Waals surface area contributed by atoms with Crippen molar-refractivity contribution < 1.29 is 5.11 Å². The number of rotatable bonds is 2. The highest BCUT2D eigenvalue weighted by Crippen LogP contribution is 2.17. The first kappa shape index (κ1) is 11.1. The SMILES string of the molecule is C=C(C)c1cnc(N2CCC(O)CC2)nc1. The average Bonchev–Trinajstić information content (AvgIpc) is 2.30. The maximum Gasteiger partial charge on any atom is 0.225 e. The molecule has 0 radical (unpaired) electrons. The smallest absolute Gasteiger partial charge is 0.225 e. The molecule has 0 amide bonds. The van der Waals surface area contributed by atoms with Crippen molar-refractivity contribution in [1.82, 2.24) is 9.97 Å². The number of allylic oxidation sites excluding steroid dienone is 1. The fourth-order valence-electron chi connectivity index (χ4n) is 1.77. The van der Waals surface area contributed by atoms with Crippen molar-refractivity contribution in [2.24, 2.45) is 0 Å². The Bertz CT molecular complexity index is 366. The largest absolute Gasteiger partial charge is 0.393 e. The van der Waals surface area contributed by atoms with Gasteiger partial charge in [0.15, 0.2) is 0 Å². The lowest BCUT2D eigenvalue weighted by Gasteiger charge is -2.29. The molecule has 4 heteroatoms. The van der Waals surface area contributed by atoms with Crippen LogP contribution in [0.25, 0.3) is 5.57 Å². The van der Waals surface area contributed by atoms with Gasteiger partial charge in [-0.25, -0.2) is 9.97 Å². The molecule has 2 rings (SSSR count). The van der Waals surface area contributed by atoms with Crippen LogP contribution in [0.3, 0.4) is 0 Å². The molecule has 1 fully saturated rings. The van der Waals surface area contributed by atoms with E-state index < -0.39 is 0 Å². The second kappa shape index (κ2) is 4.61. The van der Waals surface area contributed by atoms with Crippen LogP contribution in [0, 0.1) is 0 Å². The molecule has 1 aliphatic rings. The van der Waals surface area contributed by atoms with Gasteiger partial charge in [-0.05, 0) is 25.3 Å². The van der Waals surface area contributed by atoms with E-state index >= 15 is 0 Å². The summed E-state index contributed by atoms with van der Waals surface area (Å²) in [6.45, 7) is 7.44. The number of piperidine rings is 1. The van der Waals surface area contributed by atoms with Gasteiger partial charge in [0.2, 0.25) is 5.95 Å². The first-order chi connectivity index (χ1) is 7.66. The summed E-state index contributed by atoms with van der Waals surface area (Å²) in [6.07, 6.45) is 5.04. The van der Waals surface area contributed by atoms with Crippen molar-refractivity contribution >= 4 is 11.5 Å². The molecule has 1 aromatic rings. The molecule has 0 unspecified atom stereocenters. The van der Waals surface area contributed by atoms with E-state index in [0.717, 1.165) is 43.0 Å². The van der Waals surface area contributed by atoms with E-state index in [1.165, 1.54) is 0 Å². The summed E-state index contributed by atoms with van der Waals surface area (Å²) in [5.41, 5.74) is 1.95. The number of aliphatic hydroxyl groups excluding tert-OH is 1. The van der Waals surface area contributed by atoms with Crippen LogP contribution in [0.1, 0.15) is 25.3 Å². The zero-order valence-corrected chi connectivity index (χ0v) is 9.56. The Hall–Kier alpha value is -1.42. The van der Waals surface area contributed by atoms with E-state index in [-0.39, 0.29) is 6.10 Å². The van der Waals surface area contributed by atoms with Gasteiger partial charge < -0.3 is 10.0 Å². The van der Waals surface area contributed by atoms with Crippen molar-refractivity contribution in [3.8, 4) is 0 Å². The van der Waals surface area contributed by atoms with Crippen LogP contribution < -0.4 is 4.90 Å². The molecular weight excluding hydrogens is 202 g/mol. The molecule has 0 aliphatic carbocycles. The molecule has 0 atom stereocenters. The predicted molar refractivity (Wildman–Crippen MR) is 64.2 cm³/mol. The number of hydrogen-bond donors (Lipinski definition) is 1. The Balaban J connectivity index is 2.07. The topological polar surface area (TPSA) is 49.2 Å². The van der Waals surface area contributed by atoms with Crippen LogP contribution in [0.2, 0.25) is 0 Å². The maximum atomic E-state index is 9.41. The molecule has 0 saturated carbocycles. The van der Waals surface area contributed by atoms with Gasteiger partial charge in [-0.2, -0.15) is 0 Å². The summed E-state index contributed by atoms with van der Waals surface area (Å²) in [4.78, 5) is 10.7. The van der Waals surface area contributed by atoms with Crippen LogP contribution in [0.4, 0.5) is 5.95 Å². The molecule has 0 aromatic carbocycles. The zero-order valence-electron chi connectivity index (χ0n) is 9.56. The maximum absolute atomic E-state index is 9.41. The van der Waals surface area contributed by atoms with Crippen LogP contribution in [0.15, 0.2) is 19.0 Å². The average molecular weight is 219 g/mol. The van der Waals surface area contributed by atoms with Gasteiger partial charge >= 0.3 is 0 Å². The Kier molecular flexibility index (Phi) is 3.19. The molecule has 0 bridgehead atoms. The summed E-state index contributed by atoms with van der Waals surface area (Å²) in [6, 6.07) is 0. The third-order valence-corrected chi connectivity index (χ3v) is 2.88. The van der Waals surface area contributed by atoms with Crippen molar-refractivity contribution in [1.29, 1.82) is 0 Å². The predicted octanol–water partition coefficient (Wildman–Crippen LogP) is 1.47. The standard InChI is InChI=1S/C12H17N3O/c1-9(2)10-7-13-12(14-8-10)15-5-3-11(16)4-6-15/h7-8,11,16H,1,3-6H2,2H3. The minimum Gasteiger partial charge on any atom is -0.393 e. The summed E-state index contributed by atoms with van der Waals surface area (Å²) in [5, 5.41) is 9.41. The van der Waals surface area contributed by atoms with Gasteiger partial charge in [-0.15, -0.1) is 0 Å². The number of aliphatic hydroxyl groups is 1. The number of aromatic nitrogens is 2. The first-order valence-electron chi connectivity index (χ1n) is 5.58. The van der Waals surface area contributed by atoms with E-state index in [9.17, 15) is 5.11 Å². The van der Waals surface area contributed by atoms with E-state index in [0.29, 0.717) is 0 Å². The molecule has 1 aliphatic heterocycles. The second-order valence-electron chi connectivity index (χ2n) is 4.27. The summed E-state index contributed by atoms with van der Waals surface area (Å²) < 4.78 is 0. The molecule has 16 heavy (non-hydrogen) atoms. The Labute approximate surface area is 95.6 Å². The molecule has 1 N–H and O–H groups in total. The van der Waals surface area contributed by atoms with Crippen LogP contribution >= 0.6 is 0 Å². The number of hydrogen-bond acceptors (Lipinski definition) is 4. The lowest BCUT2D eigenvalue weighted by molar-refractivity contribution is 0.145. The van der Waals surface area contributed by atoms with E-state index in [1.54, 1.807) is 12.4 Å². The van der Waals surface area contributed by atoms with E-state index in [2.05, 4.69) is 21.4 Å². The number of anilines is 1. The Morgan fingerprint density at radius 2 is 1.94 bits per heavy atom. The molecule has 2 heterocycles. The highest BCUT2D eigenvalue weighted by Gasteiger charge is 2.18. The van der Waals surface area contributed by atoms with Crippen LogP contribution in [-0.2, 0) is 0 Å². The fourth-order valence-corrected chi connectivity index (χ4v) is 1.77. The van der Waals surface area contributed by atoms with Gasteiger partial charge in [-0.3, -0.25) is 0 Å². The minimum atomic E-state index is -0.161. The lowest BCUT2D eigenvalue weighted by atomic mass is 10.1. The zero-order chi connectivity index (χ0) is 11.5. The highest BCUT2D eigenvalue weighted by molar-refractivity contribution is 5.59. The molecule has 4 nitrogen and oxygen atoms in total. The minimum absolute atomic E-state index is 0.161. The first-order valence-corrected chi connectivity index (χ1v) is 5.58. The molecule has 1 saturated heterocycles. The third kappa shape index (κ3) is 2.39. The third-order valence-electron chi connectivity index (χ3n) is 2.88. The van der Waals surface area contributed by atoms with Crippen molar-refractivity contribution in [3.05, 3.63) is 24.5 Å². The van der Waals surface area contributed by atoms with Crippen molar-refractivity contribution in [3.63, 3.8) is 0 Å². The second-order valence-corrected chi connectivity index (χ2v) is 4.27. The Morgan fingerprint density at radius 1 is 1.38 bits per heavy atom. The van der Waals surface area contributed by atoms with Crippen molar-refractivity contribution in [2.75, 3.05) is 18.0 Å². The van der Waals surface area contributed by atoms with Crippen LogP contribution in [-0.4, -0.2) is 34.3 Å². The fraction of sp³-hybridized carbons (Fsp3) is 0.500. The summed E-state index contributed by atoms with van der Waals surface area (Å²) in [7, 11) is 0.